The molecule has 3 aromatic rings. The number of hydrogen-bond acceptors (Lipinski definition) is 3. The quantitative estimate of drug-likeness (QED) is 0.674. The maximum absolute atomic E-state index is 12.8. The first-order valence-electron chi connectivity index (χ1n) is 10.2. The number of hydrogen-bond donors (Lipinski definition) is 0. The third-order valence-electron chi connectivity index (χ3n) is 5.74. The van der Waals surface area contributed by atoms with Crippen LogP contribution >= 0.6 is 0 Å². The maximum Gasteiger partial charge on any atom is 0.254 e. The molecule has 148 valence electrons. The van der Waals surface area contributed by atoms with E-state index in [9.17, 15) is 4.79 Å². The van der Waals surface area contributed by atoms with Gasteiger partial charge in [-0.1, -0.05) is 54.1 Å². The molecule has 2 heterocycles. The summed E-state index contributed by atoms with van der Waals surface area (Å²) in [7, 11) is 0. The minimum absolute atomic E-state index is 0.0926. The Labute approximate surface area is 172 Å². The van der Waals surface area contributed by atoms with Gasteiger partial charge in [0.15, 0.2) is 0 Å². The molecule has 29 heavy (non-hydrogen) atoms. The summed E-state index contributed by atoms with van der Waals surface area (Å²) in [5.74, 6) is 0.0926. The Morgan fingerprint density at radius 1 is 0.897 bits per heavy atom. The average Bonchev–Trinajstić information content (AvgIpc) is 2.78. The second-order valence-electron chi connectivity index (χ2n) is 7.74. The number of nitrogens with zero attached hydrogens (tertiary/aromatic N) is 3. The summed E-state index contributed by atoms with van der Waals surface area (Å²) < 4.78 is 0. The van der Waals surface area contributed by atoms with Gasteiger partial charge in [0.25, 0.3) is 5.91 Å². The van der Waals surface area contributed by atoms with Crippen LogP contribution in [0.2, 0.25) is 0 Å². The van der Waals surface area contributed by atoms with E-state index >= 15 is 0 Å². The van der Waals surface area contributed by atoms with Gasteiger partial charge in [-0.15, -0.1) is 0 Å². The predicted octanol–water partition coefficient (Wildman–Crippen LogP) is 4.25. The van der Waals surface area contributed by atoms with Gasteiger partial charge in [-0.2, -0.15) is 0 Å². The van der Waals surface area contributed by atoms with Crippen molar-refractivity contribution < 1.29 is 4.79 Å². The van der Waals surface area contributed by atoms with Crippen LogP contribution in [-0.4, -0.2) is 46.9 Å². The van der Waals surface area contributed by atoms with Gasteiger partial charge in [0.05, 0.1) is 6.04 Å². The molecule has 1 atom stereocenters. The molecule has 1 aliphatic rings. The molecule has 0 spiro atoms. The van der Waals surface area contributed by atoms with Gasteiger partial charge in [-0.25, -0.2) is 0 Å². The molecule has 1 amide bonds. The van der Waals surface area contributed by atoms with Crippen molar-refractivity contribution in [3.63, 3.8) is 0 Å². The van der Waals surface area contributed by atoms with E-state index in [-0.39, 0.29) is 11.9 Å². The number of pyridine rings is 1. The van der Waals surface area contributed by atoms with Crippen LogP contribution in [-0.2, 0) is 0 Å². The predicted molar refractivity (Wildman–Crippen MR) is 116 cm³/mol. The molecule has 0 bridgehead atoms. The van der Waals surface area contributed by atoms with E-state index in [4.69, 9.17) is 0 Å². The summed E-state index contributed by atoms with van der Waals surface area (Å²) in [5, 5.41) is 0. The number of carbonyl (C=O) groups is 1. The molecular weight excluding hydrogens is 358 g/mol. The summed E-state index contributed by atoms with van der Waals surface area (Å²) in [6.07, 6.45) is 3.35. The van der Waals surface area contributed by atoms with Crippen molar-refractivity contribution in [3.8, 4) is 0 Å². The first kappa shape index (κ1) is 19.3. The third kappa shape index (κ3) is 4.22. The minimum atomic E-state index is 0.0926. The number of benzene rings is 2. The third-order valence-corrected chi connectivity index (χ3v) is 5.74. The molecule has 0 N–H and O–H groups in total. The highest BCUT2D eigenvalue weighted by Crippen LogP contribution is 2.32. The lowest BCUT2D eigenvalue weighted by Crippen LogP contribution is -2.50. The van der Waals surface area contributed by atoms with Gasteiger partial charge in [0.1, 0.15) is 0 Å². The van der Waals surface area contributed by atoms with Gasteiger partial charge in [0.2, 0.25) is 0 Å². The summed E-state index contributed by atoms with van der Waals surface area (Å²) in [4.78, 5) is 21.3. The highest BCUT2D eigenvalue weighted by atomic mass is 16.2. The van der Waals surface area contributed by atoms with E-state index in [0.717, 1.165) is 26.2 Å². The molecule has 4 nitrogen and oxygen atoms in total. The lowest BCUT2D eigenvalue weighted by molar-refractivity contribution is 0.0597. The van der Waals surface area contributed by atoms with Crippen molar-refractivity contribution in [3.05, 3.63) is 101 Å². The van der Waals surface area contributed by atoms with Gasteiger partial charge in [-0.05, 0) is 42.7 Å². The number of aryl methyl sites for hydroxylation is 2. The Balaban J connectivity index is 1.57. The highest BCUT2D eigenvalue weighted by Gasteiger charge is 2.29. The fourth-order valence-corrected chi connectivity index (χ4v) is 4.14. The number of piperazine rings is 1. The van der Waals surface area contributed by atoms with E-state index in [1.165, 1.54) is 22.3 Å². The van der Waals surface area contributed by atoms with E-state index in [0.29, 0.717) is 5.56 Å². The largest absolute Gasteiger partial charge is 0.336 e. The molecule has 1 aliphatic heterocycles. The van der Waals surface area contributed by atoms with Gasteiger partial charge in [0, 0.05) is 44.1 Å². The van der Waals surface area contributed by atoms with E-state index < -0.39 is 0 Å². The van der Waals surface area contributed by atoms with Crippen molar-refractivity contribution >= 4 is 5.91 Å². The lowest BCUT2D eigenvalue weighted by Gasteiger charge is -2.40. The van der Waals surface area contributed by atoms with Gasteiger partial charge >= 0.3 is 0 Å². The number of rotatable bonds is 4. The second-order valence-corrected chi connectivity index (χ2v) is 7.74. The molecule has 4 rings (SSSR count). The van der Waals surface area contributed by atoms with Crippen LogP contribution in [0.3, 0.4) is 0 Å². The Kier molecular flexibility index (Phi) is 5.72. The zero-order valence-electron chi connectivity index (χ0n) is 17.1. The molecule has 0 saturated carbocycles. The maximum atomic E-state index is 12.8. The van der Waals surface area contributed by atoms with E-state index in [1.807, 2.05) is 4.90 Å². The van der Waals surface area contributed by atoms with Gasteiger partial charge < -0.3 is 4.90 Å². The van der Waals surface area contributed by atoms with Crippen LogP contribution in [0.4, 0.5) is 0 Å². The summed E-state index contributed by atoms with van der Waals surface area (Å²) in [6, 6.07) is 21.2. The Bertz CT molecular complexity index is 964. The number of aromatic nitrogens is 1. The fourth-order valence-electron chi connectivity index (χ4n) is 4.14. The topological polar surface area (TPSA) is 36.4 Å². The van der Waals surface area contributed by atoms with E-state index in [1.54, 1.807) is 24.5 Å². The Morgan fingerprint density at radius 2 is 1.59 bits per heavy atom. The molecule has 1 fully saturated rings. The standard InChI is InChI=1S/C25H27N3O/c1-19-8-9-20(2)23(18-19)24(21-6-4-3-5-7-21)27-14-16-28(17-15-27)25(29)22-10-12-26-13-11-22/h3-13,18,24H,14-17H2,1-2H3. The first-order valence-corrected chi connectivity index (χ1v) is 10.2. The van der Waals surface area contributed by atoms with Crippen LogP contribution in [0, 0.1) is 13.8 Å². The average molecular weight is 386 g/mol. The smallest absolute Gasteiger partial charge is 0.254 e. The summed E-state index contributed by atoms with van der Waals surface area (Å²) in [6.45, 7) is 7.50. The van der Waals surface area contributed by atoms with Crippen molar-refractivity contribution in [2.45, 2.75) is 19.9 Å². The zero-order valence-corrected chi connectivity index (χ0v) is 17.1. The van der Waals surface area contributed by atoms with Crippen LogP contribution in [0.15, 0.2) is 73.1 Å². The summed E-state index contributed by atoms with van der Waals surface area (Å²) in [5.41, 5.74) is 5.94. The Hall–Kier alpha value is -2.98. The normalized spacial score (nSPS) is 15.9. The number of amides is 1. The summed E-state index contributed by atoms with van der Waals surface area (Å²) >= 11 is 0. The fraction of sp³-hybridized carbons (Fsp3) is 0.280. The van der Waals surface area contributed by atoms with Crippen molar-refractivity contribution in [1.82, 2.24) is 14.8 Å². The van der Waals surface area contributed by atoms with Crippen LogP contribution in [0.1, 0.15) is 38.7 Å². The zero-order chi connectivity index (χ0) is 20.2. The monoisotopic (exact) mass is 385 g/mol. The minimum Gasteiger partial charge on any atom is -0.336 e. The Morgan fingerprint density at radius 3 is 2.28 bits per heavy atom. The lowest BCUT2D eigenvalue weighted by atomic mass is 9.92. The van der Waals surface area contributed by atoms with Crippen molar-refractivity contribution in [2.24, 2.45) is 0 Å². The molecule has 2 aromatic carbocycles. The van der Waals surface area contributed by atoms with Crippen molar-refractivity contribution in [1.29, 1.82) is 0 Å². The number of carbonyl (C=O) groups excluding carboxylic acids is 1. The van der Waals surface area contributed by atoms with Crippen molar-refractivity contribution in [2.75, 3.05) is 26.2 Å². The van der Waals surface area contributed by atoms with E-state index in [2.05, 4.69) is 72.3 Å². The van der Waals surface area contributed by atoms with Crippen LogP contribution in [0.25, 0.3) is 0 Å². The molecule has 1 aromatic heterocycles. The van der Waals surface area contributed by atoms with Gasteiger partial charge in [-0.3, -0.25) is 14.7 Å². The SMILES string of the molecule is Cc1ccc(C)c(C(c2ccccc2)N2CCN(C(=O)c3ccncc3)CC2)c1. The molecule has 1 saturated heterocycles. The molecule has 1 unspecified atom stereocenters. The van der Waals surface area contributed by atoms with Crippen LogP contribution in [0.5, 0.6) is 0 Å². The van der Waals surface area contributed by atoms with Crippen LogP contribution < -0.4 is 0 Å². The highest BCUT2D eigenvalue weighted by molar-refractivity contribution is 5.94. The first-order chi connectivity index (χ1) is 14.1. The second kappa shape index (κ2) is 8.58. The molecule has 4 heteroatoms. The molecular formula is C25H27N3O. The molecule has 0 radical (unpaired) electrons. The molecule has 0 aliphatic carbocycles.